The van der Waals surface area contributed by atoms with Gasteiger partial charge in [0.05, 0.1) is 12.6 Å². The quantitative estimate of drug-likeness (QED) is 0.770. The maximum atomic E-state index is 9.49. The van der Waals surface area contributed by atoms with Crippen molar-refractivity contribution < 1.29 is 9.63 Å². The van der Waals surface area contributed by atoms with Gasteiger partial charge in [-0.05, 0) is 30.2 Å². The largest absolute Gasteiger partial charge is 0.410 e. The first-order valence-electron chi connectivity index (χ1n) is 5.60. The van der Waals surface area contributed by atoms with E-state index in [1.54, 1.807) is 6.20 Å². The molecule has 1 heterocycles. The second-order valence-corrected chi connectivity index (χ2v) is 7.51. The summed E-state index contributed by atoms with van der Waals surface area (Å²) in [7, 11) is -0.746. The van der Waals surface area contributed by atoms with Crippen molar-refractivity contribution in [1.29, 1.82) is 0 Å². The Morgan fingerprint density at radius 1 is 1.44 bits per heavy atom. The number of rotatable bonds is 3. The van der Waals surface area contributed by atoms with Gasteiger partial charge in [0.25, 0.3) is 0 Å². The molecule has 16 heavy (non-hydrogen) atoms. The number of hydrogen-bond acceptors (Lipinski definition) is 3. The van der Waals surface area contributed by atoms with Crippen molar-refractivity contribution >= 4 is 9.04 Å². The summed E-state index contributed by atoms with van der Waals surface area (Å²) >= 11 is 0. The molecule has 0 amide bonds. The molecular weight excluding hydrogens is 218 g/mol. The Hall–Kier alpha value is -0.583. The van der Waals surface area contributed by atoms with Gasteiger partial charge < -0.3 is 4.43 Å². The van der Waals surface area contributed by atoms with Crippen molar-refractivity contribution in [2.75, 3.05) is 6.54 Å². The summed E-state index contributed by atoms with van der Waals surface area (Å²) in [5.41, 5.74) is 1.20. The molecular formula is C12H22NO2Si. The van der Waals surface area contributed by atoms with Crippen LogP contribution in [0.4, 0.5) is 0 Å². The van der Waals surface area contributed by atoms with Crippen LogP contribution in [-0.2, 0) is 4.43 Å². The third-order valence-electron chi connectivity index (χ3n) is 2.39. The van der Waals surface area contributed by atoms with Gasteiger partial charge in [0.2, 0.25) is 9.04 Å². The molecule has 1 atom stereocenters. The molecule has 0 spiro atoms. The van der Waals surface area contributed by atoms with Crippen LogP contribution >= 0.6 is 0 Å². The van der Waals surface area contributed by atoms with Crippen molar-refractivity contribution in [3.63, 3.8) is 0 Å². The summed E-state index contributed by atoms with van der Waals surface area (Å²) in [6.07, 6.45) is 5.65. The van der Waals surface area contributed by atoms with E-state index in [2.05, 4.69) is 33.9 Å². The lowest BCUT2D eigenvalue weighted by Crippen LogP contribution is -2.38. The fourth-order valence-corrected chi connectivity index (χ4v) is 2.75. The van der Waals surface area contributed by atoms with Gasteiger partial charge >= 0.3 is 0 Å². The van der Waals surface area contributed by atoms with E-state index in [0.717, 1.165) is 5.57 Å². The molecule has 0 aromatic heterocycles. The van der Waals surface area contributed by atoms with Crippen LogP contribution in [0.25, 0.3) is 0 Å². The van der Waals surface area contributed by atoms with Crippen LogP contribution in [0.5, 0.6) is 0 Å². The van der Waals surface area contributed by atoms with Gasteiger partial charge in [-0.25, -0.2) is 0 Å². The minimum Gasteiger partial charge on any atom is -0.410 e. The highest BCUT2D eigenvalue weighted by Crippen LogP contribution is 2.30. The molecule has 1 radical (unpaired) electrons. The van der Waals surface area contributed by atoms with Crippen molar-refractivity contribution in [3.05, 3.63) is 23.9 Å². The van der Waals surface area contributed by atoms with E-state index < -0.39 is 9.04 Å². The summed E-state index contributed by atoms with van der Waals surface area (Å²) in [5.74, 6) is 0. The zero-order chi connectivity index (χ0) is 12.3. The molecule has 0 fully saturated rings. The molecule has 1 N–H and O–H groups in total. The average Bonchev–Trinajstić information content (AvgIpc) is 2.12. The summed E-state index contributed by atoms with van der Waals surface area (Å²) in [6.45, 7) is 11.3. The van der Waals surface area contributed by atoms with Gasteiger partial charge in [-0.2, -0.15) is 0 Å². The Labute approximate surface area is 100 Å². The first kappa shape index (κ1) is 13.5. The second kappa shape index (κ2) is 5.16. The molecule has 0 aromatic rings. The number of hydrogen-bond donors (Lipinski definition) is 1. The van der Waals surface area contributed by atoms with Crippen LogP contribution in [-0.4, -0.2) is 32.0 Å². The Morgan fingerprint density at radius 2 is 2.06 bits per heavy atom. The Morgan fingerprint density at radius 3 is 2.50 bits per heavy atom. The maximum Gasteiger partial charge on any atom is 0.205 e. The van der Waals surface area contributed by atoms with Crippen LogP contribution in [0.1, 0.15) is 20.8 Å². The van der Waals surface area contributed by atoms with Crippen LogP contribution in [0, 0.1) is 5.41 Å². The molecule has 0 saturated carbocycles. The van der Waals surface area contributed by atoms with Crippen molar-refractivity contribution in [2.45, 2.75) is 40.0 Å². The maximum absolute atomic E-state index is 9.49. The van der Waals surface area contributed by atoms with Crippen molar-refractivity contribution in [3.8, 4) is 0 Å². The van der Waals surface area contributed by atoms with Gasteiger partial charge in [-0.15, -0.1) is 0 Å². The Bertz CT molecular complexity index is 292. The molecule has 1 aliphatic rings. The SMILES string of the molecule is C[Si](C)OC(C1=CC=CN(O)C1)C(C)(C)C. The predicted octanol–water partition coefficient (Wildman–Crippen LogP) is 2.81. The zero-order valence-electron chi connectivity index (χ0n) is 10.8. The van der Waals surface area contributed by atoms with Gasteiger partial charge in [-0.3, -0.25) is 10.3 Å². The summed E-state index contributed by atoms with van der Waals surface area (Å²) in [4.78, 5) is 0. The molecule has 0 aliphatic carbocycles. The molecule has 3 nitrogen and oxygen atoms in total. The molecule has 91 valence electrons. The van der Waals surface area contributed by atoms with Crippen LogP contribution in [0.2, 0.25) is 13.1 Å². The van der Waals surface area contributed by atoms with E-state index in [4.69, 9.17) is 4.43 Å². The Balaban J connectivity index is 2.85. The van der Waals surface area contributed by atoms with E-state index >= 15 is 0 Å². The third kappa shape index (κ3) is 3.77. The van der Waals surface area contributed by atoms with E-state index in [1.807, 2.05) is 12.2 Å². The summed E-state index contributed by atoms with van der Waals surface area (Å²) in [5, 5.41) is 10.7. The topological polar surface area (TPSA) is 32.7 Å². The van der Waals surface area contributed by atoms with Crippen LogP contribution < -0.4 is 0 Å². The molecule has 0 saturated heterocycles. The lowest BCUT2D eigenvalue weighted by Gasteiger charge is -2.36. The lowest BCUT2D eigenvalue weighted by molar-refractivity contribution is -0.0397. The number of allylic oxidation sites excluding steroid dienone is 2. The molecule has 1 aliphatic heterocycles. The lowest BCUT2D eigenvalue weighted by atomic mass is 9.84. The Kier molecular flexibility index (Phi) is 4.35. The minimum absolute atomic E-state index is 0.0553. The van der Waals surface area contributed by atoms with Crippen LogP contribution in [0.15, 0.2) is 23.9 Å². The van der Waals surface area contributed by atoms with Gasteiger partial charge in [-0.1, -0.05) is 26.8 Å². The van der Waals surface area contributed by atoms with Gasteiger partial charge in [0, 0.05) is 6.20 Å². The van der Waals surface area contributed by atoms with Gasteiger partial charge in [0.1, 0.15) is 0 Å². The fourth-order valence-electron chi connectivity index (χ4n) is 1.77. The first-order chi connectivity index (χ1) is 7.30. The predicted molar refractivity (Wildman–Crippen MR) is 67.5 cm³/mol. The van der Waals surface area contributed by atoms with Gasteiger partial charge in [0.15, 0.2) is 0 Å². The van der Waals surface area contributed by atoms with E-state index in [1.165, 1.54) is 5.06 Å². The van der Waals surface area contributed by atoms with Crippen molar-refractivity contribution in [2.24, 2.45) is 5.41 Å². The first-order valence-corrected chi connectivity index (χ1v) is 8.01. The minimum atomic E-state index is -0.746. The molecule has 4 heteroatoms. The molecule has 0 bridgehead atoms. The van der Waals surface area contributed by atoms with E-state index in [0.29, 0.717) is 6.54 Å². The molecule has 0 aromatic carbocycles. The van der Waals surface area contributed by atoms with E-state index in [-0.39, 0.29) is 11.5 Å². The highest BCUT2D eigenvalue weighted by atomic mass is 28.3. The number of nitrogens with zero attached hydrogens (tertiary/aromatic N) is 1. The zero-order valence-corrected chi connectivity index (χ0v) is 11.8. The summed E-state index contributed by atoms with van der Waals surface area (Å²) in [6, 6.07) is 0. The number of hydroxylamine groups is 2. The third-order valence-corrected chi connectivity index (χ3v) is 3.10. The summed E-state index contributed by atoms with van der Waals surface area (Å²) < 4.78 is 6.06. The standard InChI is InChI=1S/C12H22NO2Si/c1-12(2,3)11(15-16(4)5)10-7-6-8-13(14)9-10/h6-8,11,14H,9H2,1-5H3. The smallest absolute Gasteiger partial charge is 0.205 e. The second-order valence-electron chi connectivity index (χ2n) is 5.45. The fraction of sp³-hybridized carbons (Fsp3) is 0.667. The highest BCUT2D eigenvalue weighted by Gasteiger charge is 2.30. The van der Waals surface area contributed by atoms with Crippen LogP contribution in [0.3, 0.4) is 0 Å². The average molecular weight is 240 g/mol. The van der Waals surface area contributed by atoms with E-state index in [9.17, 15) is 5.21 Å². The van der Waals surface area contributed by atoms with Crippen molar-refractivity contribution in [1.82, 2.24) is 5.06 Å². The highest BCUT2D eigenvalue weighted by molar-refractivity contribution is 6.48. The molecule has 1 rings (SSSR count). The molecule has 1 unspecified atom stereocenters. The monoisotopic (exact) mass is 240 g/mol. The normalized spacial score (nSPS) is 18.9.